The van der Waals surface area contributed by atoms with E-state index in [0.717, 1.165) is 41.8 Å². The molecule has 2 atom stereocenters. The topological polar surface area (TPSA) is 87.7 Å². The van der Waals surface area contributed by atoms with E-state index in [0.29, 0.717) is 18.7 Å². The molecule has 3 N–H and O–H groups in total. The Hall–Kier alpha value is -2.77. The standard InChI is InChI=1S/C26H26ClF5N2O4S/c1-2-16-4-3-5-17(8-16)14-33-15-24(35)23(11-18-9-19(28)12-20(29)10-18)34-39(36,37)25-7-6-21(13-22(25)27)38-26(30,31)32/h3-10,12-13,23-24,33-35H,2,11,14-15H2,1H3. The Labute approximate surface area is 227 Å². The lowest BCUT2D eigenvalue weighted by Crippen LogP contribution is -2.48. The lowest BCUT2D eigenvalue weighted by atomic mass is 10.0. The lowest BCUT2D eigenvalue weighted by molar-refractivity contribution is -0.274. The highest BCUT2D eigenvalue weighted by Crippen LogP contribution is 2.30. The van der Waals surface area contributed by atoms with Gasteiger partial charge in [0.25, 0.3) is 0 Å². The molecule has 3 aromatic carbocycles. The average Bonchev–Trinajstić information content (AvgIpc) is 2.81. The van der Waals surface area contributed by atoms with Crippen LogP contribution in [0, 0.1) is 11.6 Å². The highest BCUT2D eigenvalue weighted by atomic mass is 35.5. The van der Waals surface area contributed by atoms with Crippen molar-refractivity contribution in [1.29, 1.82) is 0 Å². The molecule has 0 radical (unpaired) electrons. The SMILES string of the molecule is CCc1cccc(CNCC(O)C(Cc2cc(F)cc(F)c2)NS(=O)(=O)c2ccc(OC(F)(F)F)cc2Cl)c1. The van der Waals surface area contributed by atoms with E-state index in [4.69, 9.17) is 11.6 Å². The fraction of sp³-hybridized carbons (Fsp3) is 0.308. The zero-order valence-electron chi connectivity index (χ0n) is 20.6. The molecule has 0 aliphatic carbocycles. The first-order valence-corrected chi connectivity index (χ1v) is 13.6. The van der Waals surface area contributed by atoms with E-state index in [1.165, 1.54) is 0 Å². The van der Waals surface area contributed by atoms with Gasteiger partial charge in [-0.3, -0.25) is 0 Å². The predicted molar refractivity (Wildman–Crippen MR) is 136 cm³/mol. The van der Waals surface area contributed by atoms with Crippen LogP contribution in [-0.4, -0.2) is 38.6 Å². The van der Waals surface area contributed by atoms with Crippen LogP contribution < -0.4 is 14.8 Å². The van der Waals surface area contributed by atoms with Crippen molar-refractivity contribution in [2.24, 2.45) is 0 Å². The molecule has 3 aromatic rings. The number of rotatable bonds is 12. The fourth-order valence-electron chi connectivity index (χ4n) is 3.86. The molecule has 39 heavy (non-hydrogen) atoms. The summed E-state index contributed by atoms with van der Waals surface area (Å²) >= 11 is 5.94. The first-order chi connectivity index (χ1) is 18.3. The Morgan fingerprint density at radius 2 is 1.64 bits per heavy atom. The molecule has 0 spiro atoms. The van der Waals surface area contributed by atoms with Crippen LogP contribution in [0.25, 0.3) is 0 Å². The molecule has 6 nitrogen and oxygen atoms in total. The minimum atomic E-state index is -5.01. The summed E-state index contributed by atoms with van der Waals surface area (Å²) in [5, 5.41) is 13.3. The number of halogens is 6. The Balaban J connectivity index is 1.81. The molecule has 0 heterocycles. The smallest absolute Gasteiger partial charge is 0.406 e. The Morgan fingerprint density at radius 1 is 0.974 bits per heavy atom. The summed E-state index contributed by atoms with van der Waals surface area (Å²) in [6.45, 7) is 2.25. The number of hydrogen-bond acceptors (Lipinski definition) is 5. The van der Waals surface area contributed by atoms with Crippen LogP contribution in [0.3, 0.4) is 0 Å². The molecule has 0 aliphatic heterocycles. The quantitative estimate of drug-likeness (QED) is 0.254. The van der Waals surface area contributed by atoms with Crippen LogP contribution in [0.5, 0.6) is 5.75 Å². The van der Waals surface area contributed by atoms with Gasteiger partial charge in [-0.15, -0.1) is 13.2 Å². The summed E-state index contributed by atoms with van der Waals surface area (Å²) in [6, 6.07) is 11.3. The molecule has 13 heteroatoms. The minimum absolute atomic E-state index is 0.0647. The zero-order valence-corrected chi connectivity index (χ0v) is 22.2. The van der Waals surface area contributed by atoms with Gasteiger partial charge in [0.2, 0.25) is 10.0 Å². The highest BCUT2D eigenvalue weighted by Gasteiger charge is 2.32. The summed E-state index contributed by atoms with van der Waals surface area (Å²) in [5.74, 6) is -2.51. The van der Waals surface area contributed by atoms with Gasteiger partial charge in [-0.25, -0.2) is 21.9 Å². The van der Waals surface area contributed by atoms with E-state index >= 15 is 0 Å². The van der Waals surface area contributed by atoms with Crippen molar-refractivity contribution >= 4 is 21.6 Å². The molecule has 3 rings (SSSR count). The van der Waals surface area contributed by atoms with Crippen molar-refractivity contribution in [2.75, 3.05) is 6.54 Å². The molecule has 0 saturated carbocycles. The summed E-state index contributed by atoms with van der Waals surface area (Å²) in [6.07, 6.45) is -5.87. The highest BCUT2D eigenvalue weighted by molar-refractivity contribution is 7.89. The molecule has 0 aromatic heterocycles. The number of alkyl halides is 3. The monoisotopic (exact) mass is 592 g/mol. The van der Waals surface area contributed by atoms with Crippen molar-refractivity contribution < 1.29 is 40.2 Å². The van der Waals surface area contributed by atoms with E-state index in [1.54, 1.807) is 0 Å². The molecule has 0 aliphatic rings. The second-order valence-electron chi connectivity index (χ2n) is 8.72. The molecule has 2 unspecified atom stereocenters. The van der Waals surface area contributed by atoms with Crippen LogP contribution >= 0.6 is 11.6 Å². The predicted octanol–water partition coefficient (Wildman–Crippen LogP) is 5.12. The van der Waals surface area contributed by atoms with Gasteiger partial charge < -0.3 is 15.2 Å². The average molecular weight is 593 g/mol. The number of ether oxygens (including phenoxy) is 1. The van der Waals surface area contributed by atoms with Gasteiger partial charge in [0.15, 0.2) is 0 Å². The van der Waals surface area contributed by atoms with Gasteiger partial charge >= 0.3 is 6.36 Å². The Morgan fingerprint density at radius 3 is 2.26 bits per heavy atom. The second-order valence-corrected chi connectivity index (χ2v) is 10.8. The lowest BCUT2D eigenvalue weighted by Gasteiger charge is -2.25. The number of aryl methyl sites for hydroxylation is 1. The van der Waals surface area contributed by atoms with Crippen LogP contribution in [-0.2, 0) is 29.4 Å². The normalized spacial score (nSPS) is 13.7. The minimum Gasteiger partial charge on any atom is -0.406 e. The van der Waals surface area contributed by atoms with Crippen LogP contribution in [0.2, 0.25) is 5.02 Å². The second kappa shape index (κ2) is 13.1. The fourth-order valence-corrected chi connectivity index (χ4v) is 5.67. The van der Waals surface area contributed by atoms with Crippen molar-refractivity contribution in [3.8, 4) is 5.75 Å². The van der Waals surface area contributed by atoms with Gasteiger partial charge in [-0.05, 0) is 53.8 Å². The summed E-state index contributed by atoms with van der Waals surface area (Å²) in [7, 11) is -4.52. The van der Waals surface area contributed by atoms with E-state index in [-0.39, 0.29) is 18.5 Å². The van der Waals surface area contributed by atoms with E-state index in [9.17, 15) is 35.5 Å². The molecule has 0 bridgehead atoms. The van der Waals surface area contributed by atoms with Crippen LogP contribution in [0.1, 0.15) is 23.6 Å². The van der Waals surface area contributed by atoms with Crippen molar-refractivity contribution in [2.45, 2.75) is 49.7 Å². The molecule has 0 saturated heterocycles. The molecular weight excluding hydrogens is 567 g/mol. The number of benzene rings is 3. The maximum atomic E-state index is 13.8. The van der Waals surface area contributed by atoms with Crippen molar-refractivity contribution in [1.82, 2.24) is 10.0 Å². The van der Waals surface area contributed by atoms with Crippen molar-refractivity contribution in [3.05, 3.63) is 94.0 Å². The Kier molecular flexibility index (Phi) is 10.3. The van der Waals surface area contributed by atoms with Crippen LogP contribution in [0.15, 0.2) is 65.6 Å². The molecule has 0 fully saturated rings. The summed E-state index contributed by atoms with van der Waals surface area (Å²) < 4.78 is 97.3. The molecule has 212 valence electrons. The number of aliphatic hydroxyl groups is 1. The van der Waals surface area contributed by atoms with Gasteiger partial charge in [0.1, 0.15) is 22.3 Å². The van der Waals surface area contributed by atoms with E-state index < -0.39 is 55.8 Å². The number of nitrogens with one attached hydrogen (secondary N) is 2. The third-order valence-corrected chi connectivity index (χ3v) is 7.63. The third-order valence-electron chi connectivity index (χ3n) is 5.66. The third kappa shape index (κ3) is 9.43. The van der Waals surface area contributed by atoms with Gasteiger partial charge in [-0.2, -0.15) is 0 Å². The van der Waals surface area contributed by atoms with Gasteiger partial charge in [-0.1, -0.05) is 42.8 Å². The van der Waals surface area contributed by atoms with Crippen LogP contribution in [0.4, 0.5) is 22.0 Å². The summed E-state index contributed by atoms with van der Waals surface area (Å²) in [5.41, 5.74) is 2.10. The maximum Gasteiger partial charge on any atom is 0.573 e. The van der Waals surface area contributed by atoms with E-state index in [1.807, 2.05) is 31.2 Å². The number of hydrogen-bond donors (Lipinski definition) is 3. The zero-order chi connectivity index (χ0) is 28.8. The molecular formula is C26H26ClF5N2O4S. The first-order valence-electron chi connectivity index (χ1n) is 11.7. The van der Waals surface area contributed by atoms with Crippen molar-refractivity contribution in [3.63, 3.8) is 0 Å². The first kappa shape index (κ1) is 30.8. The van der Waals surface area contributed by atoms with E-state index in [2.05, 4.69) is 14.8 Å². The number of aliphatic hydroxyl groups excluding tert-OH is 1. The van der Waals surface area contributed by atoms with Gasteiger partial charge in [0.05, 0.1) is 17.2 Å². The van der Waals surface area contributed by atoms with Gasteiger partial charge in [0, 0.05) is 25.2 Å². The molecule has 0 amide bonds. The maximum absolute atomic E-state index is 13.8. The number of sulfonamides is 1. The largest absolute Gasteiger partial charge is 0.573 e. The Bertz CT molecular complexity index is 1370. The summed E-state index contributed by atoms with van der Waals surface area (Å²) in [4.78, 5) is -0.578.